The van der Waals surface area contributed by atoms with Gasteiger partial charge < -0.3 is 5.32 Å². The Bertz CT molecular complexity index is 658. The first-order valence-corrected chi connectivity index (χ1v) is 9.21. The van der Waals surface area contributed by atoms with Crippen LogP contribution in [-0.4, -0.2) is 50.1 Å². The van der Waals surface area contributed by atoms with Gasteiger partial charge in [-0.05, 0) is 25.3 Å². The van der Waals surface area contributed by atoms with E-state index in [1.54, 1.807) is 0 Å². The first-order valence-electron chi connectivity index (χ1n) is 7.81. The molecule has 23 heavy (non-hydrogen) atoms. The van der Waals surface area contributed by atoms with Gasteiger partial charge in [-0.25, -0.2) is 0 Å². The molecule has 1 amide bonds. The van der Waals surface area contributed by atoms with Crippen LogP contribution in [0, 0.1) is 12.8 Å². The molecule has 0 spiro atoms. The van der Waals surface area contributed by atoms with E-state index in [0.29, 0.717) is 19.5 Å². The highest BCUT2D eigenvalue weighted by atomic mass is 32.2. The zero-order valence-electron chi connectivity index (χ0n) is 13.9. The minimum atomic E-state index is -3.45. The van der Waals surface area contributed by atoms with Crippen LogP contribution in [0.5, 0.6) is 0 Å². The van der Waals surface area contributed by atoms with Crippen LogP contribution >= 0.6 is 0 Å². The summed E-state index contributed by atoms with van der Waals surface area (Å²) in [7, 11) is -0.431. The van der Waals surface area contributed by atoms with Crippen molar-refractivity contribution < 1.29 is 13.2 Å². The number of benzene rings is 1. The lowest BCUT2D eigenvalue weighted by atomic mass is 9.98. The van der Waals surface area contributed by atoms with Crippen LogP contribution < -0.4 is 5.32 Å². The Kier molecular flexibility index (Phi) is 5.78. The highest BCUT2D eigenvalue weighted by Gasteiger charge is 2.33. The summed E-state index contributed by atoms with van der Waals surface area (Å²) in [4.78, 5) is 12.4. The van der Waals surface area contributed by atoms with Crippen molar-refractivity contribution in [1.29, 1.82) is 0 Å². The second kappa shape index (κ2) is 7.42. The SMILES string of the molecule is Cc1cccc(CNC(=O)[C@@H]2CCCN(S(=O)(=O)N(C)C)C2)c1. The van der Waals surface area contributed by atoms with Crippen molar-refractivity contribution >= 4 is 16.1 Å². The lowest BCUT2D eigenvalue weighted by molar-refractivity contribution is -0.126. The van der Waals surface area contributed by atoms with Crippen molar-refractivity contribution in [2.24, 2.45) is 5.92 Å². The maximum absolute atomic E-state index is 12.4. The molecule has 0 radical (unpaired) electrons. The predicted molar refractivity (Wildman–Crippen MR) is 89.9 cm³/mol. The van der Waals surface area contributed by atoms with Crippen molar-refractivity contribution in [3.8, 4) is 0 Å². The number of carbonyl (C=O) groups is 1. The van der Waals surface area contributed by atoms with Crippen LogP contribution in [0.1, 0.15) is 24.0 Å². The molecule has 7 heteroatoms. The Morgan fingerprint density at radius 1 is 1.39 bits per heavy atom. The minimum Gasteiger partial charge on any atom is -0.352 e. The van der Waals surface area contributed by atoms with Crippen molar-refractivity contribution in [1.82, 2.24) is 13.9 Å². The second-order valence-corrected chi connectivity index (χ2v) is 8.34. The largest absolute Gasteiger partial charge is 0.352 e. The monoisotopic (exact) mass is 339 g/mol. The number of aryl methyl sites for hydroxylation is 1. The molecule has 2 rings (SSSR count). The third-order valence-electron chi connectivity index (χ3n) is 4.09. The first kappa shape index (κ1) is 17.9. The van der Waals surface area contributed by atoms with Crippen LogP contribution in [0.2, 0.25) is 0 Å². The number of rotatable bonds is 5. The molecule has 128 valence electrons. The zero-order valence-corrected chi connectivity index (χ0v) is 14.8. The molecule has 1 saturated heterocycles. The van der Waals surface area contributed by atoms with Gasteiger partial charge in [0.1, 0.15) is 0 Å². The Hall–Kier alpha value is -1.44. The Morgan fingerprint density at radius 2 is 2.13 bits per heavy atom. The molecule has 0 aromatic heterocycles. The van der Waals surface area contributed by atoms with E-state index in [-0.39, 0.29) is 18.4 Å². The fraction of sp³-hybridized carbons (Fsp3) is 0.562. The lowest BCUT2D eigenvalue weighted by Crippen LogP contribution is -2.48. The molecule has 6 nitrogen and oxygen atoms in total. The van der Waals surface area contributed by atoms with Crippen molar-refractivity contribution in [2.75, 3.05) is 27.2 Å². The number of amides is 1. The highest BCUT2D eigenvalue weighted by Crippen LogP contribution is 2.20. The smallest absolute Gasteiger partial charge is 0.281 e. The average molecular weight is 339 g/mol. The van der Waals surface area contributed by atoms with Gasteiger partial charge >= 0.3 is 0 Å². The van der Waals surface area contributed by atoms with Gasteiger partial charge in [0.15, 0.2) is 0 Å². The van der Waals surface area contributed by atoms with Crippen LogP contribution in [0.3, 0.4) is 0 Å². The summed E-state index contributed by atoms with van der Waals surface area (Å²) < 4.78 is 27.0. The molecule has 1 aromatic carbocycles. The molecule has 0 saturated carbocycles. The average Bonchev–Trinajstić information content (AvgIpc) is 2.52. The highest BCUT2D eigenvalue weighted by molar-refractivity contribution is 7.86. The van der Waals surface area contributed by atoms with Crippen LogP contribution in [0.25, 0.3) is 0 Å². The van der Waals surface area contributed by atoms with E-state index < -0.39 is 10.2 Å². The van der Waals surface area contributed by atoms with Gasteiger partial charge in [0.25, 0.3) is 10.2 Å². The topological polar surface area (TPSA) is 69.7 Å². The van der Waals surface area contributed by atoms with E-state index in [4.69, 9.17) is 0 Å². The van der Waals surface area contributed by atoms with Gasteiger partial charge in [0.2, 0.25) is 5.91 Å². The van der Waals surface area contributed by atoms with Gasteiger partial charge in [0.05, 0.1) is 5.92 Å². The Labute approximate surface area is 138 Å². The first-order chi connectivity index (χ1) is 10.8. The summed E-state index contributed by atoms with van der Waals surface area (Å²) in [6.45, 7) is 3.20. The Morgan fingerprint density at radius 3 is 2.78 bits per heavy atom. The standard InChI is InChI=1S/C16H25N3O3S/c1-13-6-4-7-14(10-13)11-17-16(20)15-8-5-9-19(12-15)23(21,22)18(2)3/h4,6-7,10,15H,5,8-9,11-12H2,1-3H3,(H,17,20)/t15-/m1/s1. The van der Waals surface area contributed by atoms with Crippen molar-refractivity contribution in [3.05, 3.63) is 35.4 Å². The van der Waals surface area contributed by atoms with Crippen molar-refractivity contribution in [3.63, 3.8) is 0 Å². The van der Waals surface area contributed by atoms with Crippen LogP contribution in [0.4, 0.5) is 0 Å². The molecule has 1 aliphatic heterocycles. The molecular weight excluding hydrogens is 314 g/mol. The zero-order chi connectivity index (χ0) is 17.0. The number of carbonyl (C=O) groups excluding carboxylic acids is 1. The molecule has 0 bridgehead atoms. The quantitative estimate of drug-likeness (QED) is 0.874. The molecule has 1 aromatic rings. The molecule has 1 N–H and O–H groups in total. The summed E-state index contributed by atoms with van der Waals surface area (Å²) in [5.41, 5.74) is 2.20. The van der Waals surface area contributed by atoms with Gasteiger partial charge in [-0.3, -0.25) is 4.79 Å². The van der Waals surface area contributed by atoms with E-state index in [1.165, 1.54) is 22.7 Å². The van der Waals surface area contributed by atoms with Gasteiger partial charge in [-0.2, -0.15) is 17.0 Å². The van der Waals surface area contributed by atoms with Crippen LogP contribution in [0.15, 0.2) is 24.3 Å². The van der Waals surface area contributed by atoms with Crippen LogP contribution in [-0.2, 0) is 21.5 Å². The third-order valence-corrected chi connectivity index (χ3v) is 6.00. The summed E-state index contributed by atoms with van der Waals surface area (Å²) in [6, 6.07) is 7.97. The summed E-state index contributed by atoms with van der Waals surface area (Å²) in [5.74, 6) is -0.367. The predicted octanol–water partition coefficient (Wildman–Crippen LogP) is 1.13. The number of piperidine rings is 1. The third kappa shape index (κ3) is 4.53. The fourth-order valence-electron chi connectivity index (χ4n) is 2.75. The van der Waals surface area contributed by atoms with Gasteiger partial charge in [-0.1, -0.05) is 29.8 Å². The van der Waals surface area contributed by atoms with E-state index in [1.807, 2.05) is 31.2 Å². The Balaban J connectivity index is 1.94. The maximum Gasteiger partial charge on any atom is 0.281 e. The van der Waals surface area contributed by atoms with Crippen molar-refractivity contribution in [2.45, 2.75) is 26.3 Å². The lowest BCUT2D eigenvalue weighted by Gasteiger charge is -2.32. The van der Waals surface area contributed by atoms with Gasteiger partial charge in [0, 0.05) is 33.7 Å². The van der Waals surface area contributed by atoms with Gasteiger partial charge in [-0.15, -0.1) is 0 Å². The number of nitrogens with zero attached hydrogens (tertiary/aromatic N) is 2. The summed E-state index contributed by atoms with van der Waals surface area (Å²) >= 11 is 0. The maximum atomic E-state index is 12.4. The molecule has 1 aliphatic rings. The minimum absolute atomic E-state index is 0.0786. The molecule has 0 unspecified atom stereocenters. The fourth-order valence-corrected chi connectivity index (χ4v) is 3.94. The van der Waals surface area contributed by atoms with E-state index >= 15 is 0 Å². The molecule has 1 heterocycles. The summed E-state index contributed by atoms with van der Waals surface area (Å²) in [5, 5.41) is 2.92. The molecule has 0 aliphatic carbocycles. The molecular formula is C16H25N3O3S. The molecule has 1 atom stereocenters. The van der Waals surface area contributed by atoms with E-state index in [9.17, 15) is 13.2 Å². The number of hydrogen-bond acceptors (Lipinski definition) is 3. The second-order valence-electron chi connectivity index (χ2n) is 6.19. The number of nitrogens with one attached hydrogen (secondary N) is 1. The molecule has 1 fully saturated rings. The van der Waals surface area contributed by atoms with E-state index in [2.05, 4.69) is 5.32 Å². The summed E-state index contributed by atoms with van der Waals surface area (Å²) in [6.07, 6.45) is 1.43. The van der Waals surface area contributed by atoms with E-state index in [0.717, 1.165) is 17.5 Å². The normalized spacial score (nSPS) is 19.7. The number of hydrogen-bond donors (Lipinski definition) is 1.